The number of nitrogens with one attached hydrogen (secondary N) is 1. The predicted octanol–water partition coefficient (Wildman–Crippen LogP) is 4.55. The van der Waals surface area contributed by atoms with Gasteiger partial charge in [-0.3, -0.25) is 0 Å². The second-order valence-corrected chi connectivity index (χ2v) is 7.20. The van der Waals surface area contributed by atoms with Gasteiger partial charge in [-0.05, 0) is 63.8 Å². The summed E-state index contributed by atoms with van der Waals surface area (Å²) in [4.78, 5) is 11.6. The van der Waals surface area contributed by atoms with Crippen molar-refractivity contribution in [3.63, 3.8) is 0 Å². The Labute approximate surface area is 150 Å². The lowest BCUT2D eigenvalue weighted by molar-refractivity contribution is 0.242. The smallest absolute Gasteiger partial charge is 0.229 e. The molecule has 1 aromatic heterocycles. The van der Waals surface area contributed by atoms with Crippen LogP contribution in [0.5, 0.6) is 5.75 Å². The molecule has 5 nitrogen and oxygen atoms in total. The first kappa shape index (κ1) is 17.5. The minimum absolute atomic E-state index is 0.174. The number of aromatic nitrogens is 2. The molecular formula is C20H28N4O. The Morgan fingerprint density at radius 3 is 2.64 bits per heavy atom. The highest BCUT2D eigenvalue weighted by Gasteiger charge is 2.18. The molecule has 2 aromatic rings. The Bertz CT molecular complexity index is 699. The lowest BCUT2D eigenvalue weighted by atomic mass is 10.0. The van der Waals surface area contributed by atoms with Gasteiger partial charge in [0.1, 0.15) is 11.6 Å². The van der Waals surface area contributed by atoms with Crippen LogP contribution in [0.3, 0.4) is 0 Å². The van der Waals surface area contributed by atoms with Crippen LogP contribution in [0.15, 0.2) is 30.3 Å². The Kier molecular flexibility index (Phi) is 5.41. The normalized spacial score (nSPS) is 17.6. The van der Waals surface area contributed by atoms with Crippen LogP contribution in [0, 0.1) is 12.8 Å². The molecule has 5 heteroatoms. The number of rotatable bonds is 5. The molecule has 2 heterocycles. The first-order valence-corrected chi connectivity index (χ1v) is 9.14. The number of ether oxygens (including phenoxy) is 1. The van der Waals surface area contributed by atoms with E-state index >= 15 is 0 Å². The summed E-state index contributed by atoms with van der Waals surface area (Å²) in [7, 11) is 0. The monoisotopic (exact) mass is 340 g/mol. The average molecular weight is 340 g/mol. The van der Waals surface area contributed by atoms with Gasteiger partial charge in [-0.15, -0.1) is 0 Å². The van der Waals surface area contributed by atoms with Gasteiger partial charge in [-0.25, -0.2) is 4.98 Å². The summed E-state index contributed by atoms with van der Waals surface area (Å²) < 4.78 is 5.68. The van der Waals surface area contributed by atoms with Crippen LogP contribution in [-0.4, -0.2) is 29.2 Å². The third kappa shape index (κ3) is 4.84. The molecule has 1 aromatic carbocycles. The number of nitrogens with zero attached hydrogens (tertiary/aromatic N) is 3. The summed E-state index contributed by atoms with van der Waals surface area (Å²) in [6.07, 6.45) is 2.70. The van der Waals surface area contributed by atoms with Crippen molar-refractivity contribution in [3.05, 3.63) is 36.0 Å². The van der Waals surface area contributed by atoms with Crippen molar-refractivity contribution >= 4 is 17.5 Å². The molecule has 0 bridgehead atoms. The van der Waals surface area contributed by atoms with Crippen LogP contribution in [0.25, 0.3) is 0 Å². The van der Waals surface area contributed by atoms with Crippen LogP contribution in [-0.2, 0) is 0 Å². The number of aryl methyl sites for hydroxylation is 1. The fourth-order valence-electron chi connectivity index (χ4n) is 3.19. The Morgan fingerprint density at radius 1 is 1.20 bits per heavy atom. The van der Waals surface area contributed by atoms with Crippen molar-refractivity contribution < 1.29 is 4.74 Å². The number of hydrogen-bond acceptors (Lipinski definition) is 5. The van der Waals surface area contributed by atoms with Gasteiger partial charge < -0.3 is 15.0 Å². The third-order valence-corrected chi connectivity index (χ3v) is 4.30. The first-order chi connectivity index (χ1) is 12.0. The van der Waals surface area contributed by atoms with Crippen LogP contribution in [0.2, 0.25) is 0 Å². The molecule has 0 saturated carbocycles. The molecule has 0 aliphatic carbocycles. The van der Waals surface area contributed by atoms with E-state index in [2.05, 4.69) is 28.2 Å². The maximum atomic E-state index is 5.68. The van der Waals surface area contributed by atoms with Crippen molar-refractivity contribution in [1.82, 2.24) is 9.97 Å². The molecule has 1 fully saturated rings. The van der Waals surface area contributed by atoms with Crippen molar-refractivity contribution in [2.75, 3.05) is 23.3 Å². The summed E-state index contributed by atoms with van der Waals surface area (Å²) in [6, 6.07) is 9.98. The largest absolute Gasteiger partial charge is 0.491 e. The summed E-state index contributed by atoms with van der Waals surface area (Å²) in [5.74, 6) is 3.25. The SMILES string of the molecule is Cc1cc(N2CCCC(C)C2)nc(Nc2ccc(OC(C)C)cc2)n1. The zero-order chi connectivity index (χ0) is 17.8. The van der Waals surface area contributed by atoms with E-state index in [1.54, 1.807) is 0 Å². The van der Waals surface area contributed by atoms with Crippen LogP contribution in [0.1, 0.15) is 39.3 Å². The molecule has 0 spiro atoms. The Morgan fingerprint density at radius 2 is 1.96 bits per heavy atom. The molecular weight excluding hydrogens is 312 g/mol. The van der Waals surface area contributed by atoms with E-state index in [1.807, 2.05) is 45.0 Å². The van der Waals surface area contributed by atoms with Gasteiger partial charge in [0.25, 0.3) is 0 Å². The number of piperidine rings is 1. The zero-order valence-electron chi connectivity index (χ0n) is 15.6. The third-order valence-electron chi connectivity index (χ3n) is 4.30. The molecule has 1 saturated heterocycles. The quantitative estimate of drug-likeness (QED) is 0.865. The summed E-state index contributed by atoms with van der Waals surface area (Å²) in [5.41, 5.74) is 1.94. The van der Waals surface area contributed by atoms with Crippen molar-refractivity contribution in [3.8, 4) is 5.75 Å². The van der Waals surface area contributed by atoms with Crippen molar-refractivity contribution in [2.45, 2.75) is 46.6 Å². The highest BCUT2D eigenvalue weighted by molar-refractivity contribution is 5.56. The highest BCUT2D eigenvalue weighted by Crippen LogP contribution is 2.24. The summed E-state index contributed by atoms with van der Waals surface area (Å²) in [6.45, 7) is 10.5. The minimum atomic E-state index is 0.174. The van der Waals surface area contributed by atoms with Crippen LogP contribution >= 0.6 is 0 Å². The second-order valence-electron chi connectivity index (χ2n) is 7.20. The molecule has 25 heavy (non-hydrogen) atoms. The minimum Gasteiger partial charge on any atom is -0.491 e. The maximum Gasteiger partial charge on any atom is 0.229 e. The molecule has 1 aliphatic rings. The van der Waals surface area contributed by atoms with Crippen molar-refractivity contribution in [2.24, 2.45) is 5.92 Å². The second kappa shape index (κ2) is 7.72. The van der Waals surface area contributed by atoms with E-state index in [1.165, 1.54) is 12.8 Å². The van der Waals surface area contributed by atoms with E-state index in [0.717, 1.165) is 36.0 Å². The summed E-state index contributed by atoms with van der Waals surface area (Å²) in [5, 5.41) is 3.31. The first-order valence-electron chi connectivity index (χ1n) is 9.14. The van der Waals surface area contributed by atoms with Crippen LogP contribution in [0.4, 0.5) is 17.5 Å². The van der Waals surface area contributed by atoms with E-state index in [-0.39, 0.29) is 6.10 Å². The van der Waals surface area contributed by atoms with Gasteiger partial charge in [-0.1, -0.05) is 6.92 Å². The number of anilines is 3. The molecule has 1 unspecified atom stereocenters. The highest BCUT2D eigenvalue weighted by atomic mass is 16.5. The Balaban J connectivity index is 1.74. The molecule has 0 radical (unpaired) electrons. The fourth-order valence-corrected chi connectivity index (χ4v) is 3.19. The lowest BCUT2D eigenvalue weighted by Gasteiger charge is -2.32. The van der Waals surface area contributed by atoms with E-state index < -0.39 is 0 Å². The molecule has 0 amide bonds. The van der Waals surface area contributed by atoms with E-state index in [0.29, 0.717) is 11.9 Å². The number of benzene rings is 1. The maximum absolute atomic E-state index is 5.68. The lowest BCUT2D eigenvalue weighted by Crippen LogP contribution is -2.35. The van der Waals surface area contributed by atoms with Gasteiger partial charge >= 0.3 is 0 Å². The molecule has 1 atom stereocenters. The van der Waals surface area contributed by atoms with Gasteiger partial charge in [0.2, 0.25) is 5.95 Å². The molecule has 3 rings (SSSR count). The topological polar surface area (TPSA) is 50.3 Å². The zero-order valence-corrected chi connectivity index (χ0v) is 15.6. The van der Waals surface area contributed by atoms with Crippen LogP contribution < -0.4 is 15.0 Å². The van der Waals surface area contributed by atoms with Gasteiger partial charge in [0.05, 0.1) is 6.10 Å². The molecule has 1 N–H and O–H groups in total. The predicted molar refractivity (Wildman–Crippen MR) is 103 cm³/mol. The van der Waals surface area contributed by atoms with E-state index in [4.69, 9.17) is 9.72 Å². The Hall–Kier alpha value is -2.30. The van der Waals surface area contributed by atoms with Gasteiger partial charge in [-0.2, -0.15) is 4.98 Å². The number of hydrogen-bond donors (Lipinski definition) is 1. The fraction of sp³-hybridized carbons (Fsp3) is 0.500. The van der Waals surface area contributed by atoms with Crippen molar-refractivity contribution in [1.29, 1.82) is 0 Å². The van der Waals surface area contributed by atoms with Gasteiger partial charge in [0.15, 0.2) is 0 Å². The molecule has 134 valence electrons. The van der Waals surface area contributed by atoms with Gasteiger partial charge in [0, 0.05) is 30.5 Å². The van der Waals surface area contributed by atoms with E-state index in [9.17, 15) is 0 Å². The molecule has 1 aliphatic heterocycles. The summed E-state index contributed by atoms with van der Waals surface area (Å²) >= 11 is 0. The average Bonchev–Trinajstić information content (AvgIpc) is 2.56. The standard InChI is InChI=1S/C20H28N4O/c1-14(2)25-18-9-7-17(8-10-18)22-20-21-16(4)12-19(23-20)24-11-5-6-15(3)13-24/h7-10,12,14-15H,5-6,11,13H2,1-4H3,(H,21,22,23).